The first kappa shape index (κ1) is 23.0. The molecule has 2 aromatic carbocycles. The molecule has 2 rings (SSSR count). The number of hydrogen-bond acceptors (Lipinski definition) is 2. The van der Waals surface area contributed by atoms with Crippen molar-refractivity contribution in [2.75, 3.05) is 27.7 Å². The van der Waals surface area contributed by atoms with Crippen molar-refractivity contribution in [3.05, 3.63) is 70.8 Å². The Kier molecular flexibility index (Phi) is 9.85. The number of aryl methyl sites for hydroxylation is 1. The van der Waals surface area contributed by atoms with Crippen molar-refractivity contribution in [2.24, 2.45) is 4.99 Å². The van der Waals surface area contributed by atoms with E-state index in [0.717, 1.165) is 24.5 Å². The number of rotatable bonds is 6. The summed E-state index contributed by atoms with van der Waals surface area (Å²) in [6.45, 7) is 3.58. The SMILES string of the molecule is CN=C(NCCc1cccc(C)c1)NCc1ccc(C(=O)N(C)C)cc1.I. The number of hydrogen-bond donors (Lipinski definition) is 2. The van der Waals surface area contributed by atoms with Crippen LogP contribution >= 0.6 is 24.0 Å². The fourth-order valence-corrected chi connectivity index (χ4v) is 2.62. The molecule has 0 unspecified atom stereocenters. The van der Waals surface area contributed by atoms with Crippen molar-refractivity contribution >= 4 is 35.8 Å². The van der Waals surface area contributed by atoms with Crippen LogP contribution in [0.3, 0.4) is 0 Å². The highest BCUT2D eigenvalue weighted by atomic mass is 127. The zero-order valence-electron chi connectivity index (χ0n) is 16.5. The monoisotopic (exact) mass is 480 g/mol. The van der Waals surface area contributed by atoms with Gasteiger partial charge >= 0.3 is 0 Å². The predicted octanol–water partition coefficient (Wildman–Crippen LogP) is 3.22. The van der Waals surface area contributed by atoms with E-state index in [1.54, 1.807) is 26.0 Å². The van der Waals surface area contributed by atoms with Crippen LogP contribution in [0.1, 0.15) is 27.0 Å². The third kappa shape index (κ3) is 7.58. The van der Waals surface area contributed by atoms with Gasteiger partial charge in [-0.1, -0.05) is 42.0 Å². The first-order valence-corrected chi connectivity index (χ1v) is 8.80. The molecule has 0 fully saturated rings. The molecule has 0 aliphatic rings. The van der Waals surface area contributed by atoms with Crippen LogP contribution in [-0.2, 0) is 13.0 Å². The van der Waals surface area contributed by atoms with Gasteiger partial charge in [-0.3, -0.25) is 9.79 Å². The lowest BCUT2D eigenvalue weighted by Crippen LogP contribution is -2.37. The topological polar surface area (TPSA) is 56.7 Å². The number of benzene rings is 2. The second-order valence-corrected chi connectivity index (χ2v) is 6.49. The molecule has 27 heavy (non-hydrogen) atoms. The van der Waals surface area contributed by atoms with Gasteiger partial charge in [0.15, 0.2) is 5.96 Å². The van der Waals surface area contributed by atoms with E-state index in [1.165, 1.54) is 11.1 Å². The van der Waals surface area contributed by atoms with Crippen LogP contribution in [0.2, 0.25) is 0 Å². The van der Waals surface area contributed by atoms with E-state index in [4.69, 9.17) is 0 Å². The van der Waals surface area contributed by atoms with E-state index in [9.17, 15) is 4.79 Å². The molecule has 1 amide bonds. The van der Waals surface area contributed by atoms with Gasteiger partial charge in [0.25, 0.3) is 5.91 Å². The molecule has 0 spiro atoms. The van der Waals surface area contributed by atoms with E-state index in [0.29, 0.717) is 12.1 Å². The van der Waals surface area contributed by atoms with Crippen molar-refractivity contribution < 1.29 is 4.79 Å². The van der Waals surface area contributed by atoms with Gasteiger partial charge in [-0.25, -0.2) is 0 Å². The lowest BCUT2D eigenvalue weighted by atomic mass is 10.1. The minimum absolute atomic E-state index is 0. The zero-order chi connectivity index (χ0) is 18.9. The van der Waals surface area contributed by atoms with E-state index < -0.39 is 0 Å². The Hall–Kier alpha value is -2.09. The normalized spacial score (nSPS) is 10.7. The fraction of sp³-hybridized carbons (Fsp3) is 0.333. The number of nitrogens with zero attached hydrogens (tertiary/aromatic N) is 2. The first-order chi connectivity index (χ1) is 12.5. The van der Waals surface area contributed by atoms with Crippen LogP contribution in [0.25, 0.3) is 0 Å². The number of amides is 1. The van der Waals surface area contributed by atoms with E-state index in [2.05, 4.69) is 46.8 Å². The molecule has 0 saturated carbocycles. The van der Waals surface area contributed by atoms with E-state index in [1.807, 2.05) is 24.3 Å². The van der Waals surface area contributed by atoms with E-state index in [-0.39, 0.29) is 29.9 Å². The fourth-order valence-electron chi connectivity index (χ4n) is 2.62. The summed E-state index contributed by atoms with van der Waals surface area (Å²) in [5, 5.41) is 6.63. The Balaban J connectivity index is 0.00000364. The molecule has 146 valence electrons. The van der Waals surface area contributed by atoms with Crippen LogP contribution in [0, 0.1) is 6.92 Å². The molecule has 6 heteroatoms. The second-order valence-electron chi connectivity index (χ2n) is 6.49. The predicted molar refractivity (Wildman–Crippen MR) is 123 cm³/mol. The quantitative estimate of drug-likeness (QED) is 0.379. The standard InChI is InChI=1S/C21H28N4O.HI/c1-16-6-5-7-17(14-16)12-13-23-21(22-2)24-15-18-8-10-19(11-9-18)20(26)25(3)4;/h5-11,14H,12-13,15H2,1-4H3,(H2,22,23,24);1H. The molecule has 0 aromatic heterocycles. The molecular weight excluding hydrogens is 451 g/mol. The summed E-state index contributed by atoms with van der Waals surface area (Å²) in [6, 6.07) is 16.2. The Morgan fingerprint density at radius 1 is 1.04 bits per heavy atom. The van der Waals surface area contributed by atoms with Crippen LogP contribution in [0.5, 0.6) is 0 Å². The average Bonchev–Trinajstić information content (AvgIpc) is 2.64. The Bertz CT molecular complexity index is 757. The van der Waals surface area contributed by atoms with Crippen molar-refractivity contribution in [1.29, 1.82) is 0 Å². The van der Waals surface area contributed by atoms with Crippen molar-refractivity contribution in [3.8, 4) is 0 Å². The molecule has 0 atom stereocenters. The third-order valence-electron chi connectivity index (χ3n) is 4.08. The Morgan fingerprint density at radius 3 is 2.33 bits per heavy atom. The summed E-state index contributed by atoms with van der Waals surface area (Å²) in [5.74, 6) is 0.782. The van der Waals surface area contributed by atoms with Gasteiger partial charge in [-0.05, 0) is 36.6 Å². The molecule has 0 bridgehead atoms. The summed E-state index contributed by atoms with van der Waals surface area (Å²) in [4.78, 5) is 17.7. The molecular formula is C21H29IN4O. The number of carbonyl (C=O) groups excluding carboxylic acids is 1. The largest absolute Gasteiger partial charge is 0.356 e. The number of carbonyl (C=O) groups is 1. The number of aliphatic imine (C=N–C) groups is 1. The minimum Gasteiger partial charge on any atom is -0.356 e. The maximum Gasteiger partial charge on any atom is 0.253 e. The minimum atomic E-state index is 0. The molecule has 2 aromatic rings. The summed E-state index contributed by atoms with van der Waals surface area (Å²) in [7, 11) is 5.27. The molecule has 0 radical (unpaired) electrons. The van der Waals surface area contributed by atoms with Gasteiger partial charge in [0.05, 0.1) is 0 Å². The molecule has 0 aliphatic heterocycles. The highest BCUT2D eigenvalue weighted by Crippen LogP contribution is 2.06. The first-order valence-electron chi connectivity index (χ1n) is 8.80. The lowest BCUT2D eigenvalue weighted by molar-refractivity contribution is 0.0827. The average molecular weight is 480 g/mol. The van der Waals surface area contributed by atoms with Gasteiger partial charge in [-0.2, -0.15) is 0 Å². The van der Waals surface area contributed by atoms with Gasteiger partial charge < -0.3 is 15.5 Å². The molecule has 5 nitrogen and oxygen atoms in total. The van der Waals surface area contributed by atoms with E-state index >= 15 is 0 Å². The Labute approximate surface area is 179 Å². The van der Waals surface area contributed by atoms with Crippen LogP contribution in [0.15, 0.2) is 53.5 Å². The summed E-state index contributed by atoms with van der Waals surface area (Å²) < 4.78 is 0. The van der Waals surface area contributed by atoms with Crippen molar-refractivity contribution in [1.82, 2.24) is 15.5 Å². The number of nitrogens with one attached hydrogen (secondary N) is 2. The second kappa shape index (κ2) is 11.6. The van der Waals surface area contributed by atoms with Gasteiger partial charge in [-0.15, -0.1) is 24.0 Å². The zero-order valence-corrected chi connectivity index (χ0v) is 18.8. The van der Waals surface area contributed by atoms with Crippen LogP contribution < -0.4 is 10.6 Å². The molecule has 2 N–H and O–H groups in total. The summed E-state index contributed by atoms with van der Waals surface area (Å²) in [6.07, 6.45) is 0.948. The maximum atomic E-state index is 11.9. The van der Waals surface area contributed by atoms with Crippen molar-refractivity contribution in [2.45, 2.75) is 19.9 Å². The maximum absolute atomic E-state index is 11.9. The molecule has 0 saturated heterocycles. The van der Waals surface area contributed by atoms with Gasteiger partial charge in [0, 0.05) is 39.8 Å². The highest BCUT2D eigenvalue weighted by Gasteiger charge is 2.07. The Morgan fingerprint density at radius 2 is 1.74 bits per heavy atom. The summed E-state index contributed by atoms with van der Waals surface area (Å²) >= 11 is 0. The third-order valence-corrected chi connectivity index (χ3v) is 4.08. The number of halogens is 1. The smallest absolute Gasteiger partial charge is 0.253 e. The number of guanidine groups is 1. The highest BCUT2D eigenvalue weighted by molar-refractivity contribution is 14.0. The molecule has 0 aliphatic carbocycles. The van der Waals surface area contributed by atoms with Crippen molar-refractivity contribution in [3.63, 3.8) is 0 Å². The van der Waals surface area contributed by atoms with Gasteiger partial charge in [0.2, 0.25) is 0 Å². The van der Waals surface area contributed by atoms with Crippen LogP contribution in [-0.4, -0.2) is 44.5 Å². The summed E-state index contributed by atoms with van der Waals surface area (Å²) in [5.41, 5.74) is 4.39. The molecule has 0 heterocycles. The van der Waals surface area contributed by atoms with Gasteiger partial charge in [0.1, 0.15) is 0 Å². The lowest BCUT2D eigenvalue weighted by Gasteiger charge is -2.13. The van der Waals surface area contributed by atoms with Crippen LogP contribution in [0.4, 0.5) is 0 Å².